The van der Waals surface area contributed by atoms with E-state index in [1.807, 2.05) is 0 Å². The molecule has 0 unspecified atom stereocenters. The van der Waals surface area contributed by atoms with E-state index in [0.29, 0.717) is 11.3 Å². The lowest BCUT2D eigenvalue weighted by molar-refractivity contribution is 0.0534. The van der Waals surface area contributed by atoms with Crippen LogP contribution in [-0.4, -0.2) is 36.6 Å². The predicted octanol–water partition coefficient (Wildman–Crippen LogP) is 2.73. The lowest BCUT2D eigenvalue weighted by Gasteiger charge is -2.19. The number of amides is 1. The molecule has 0 spiro atoms. The van der Waals surface area contributed by atoms with Crippen LogP contribution < -0.4 is 10.1 Å². The molecule has 0 aliphatic heterocycles. The van der Waals surface area contributed by atoms with Gasteiger partial charge in [-0.05, 0) is 32.9 Å². The number of hydrogen-bond donors (Lipinski definition) is 2. The van der Waals surface area contributed by atoms with Gasteiger partial charge in [0.15, 0.2) is 0 Å². The van der Waals surface area contributed by atoms with Crippen molar-refractivity contribution in [2.45, 2.75) is 26.4 Å². The molecule has 122 valence electrons. The van der Waals surface area contributed by atoms with E-state index in [1.54, 1.807) is 39.0 Å². The number of alkyl carbamates (subject to hydrolysis) is 1. The number of halogens is 1. The Hall–Kier alpha value is -2.08. The number of nitrogens with one attached hydrogen (secondary N) is 1. The normalized spacial score (nSPS) is 11.5. The first-order valence-electron chi connectivity index (χ1n) is 6.98. The number of benzene rings is 1. The zero-order valence-electron chi connectivity index (χ0n) is 13.1. The van der Waals surface area contributed by atoms with E-state index in [-0.39, 0.29) is 19.8 Å². The molecular weight excluding hydrogens is 289 g/mol. The molecule has 1 aromatic carbocycles. The van der Waals surface area contributed by atoms with Gasteiger partial charge in [0, 0.05) is 18.2 Å². The summed E-state index contributed by atoms with van der Waals surface area (Å²) in [5, 5.41) is 11.3. The molecule has 1 aromatic rings. The third-order valence-electron chi connectivity index (χ3n) is 2.39. The maximum atomic E-state index is 13.2. The van der Waals surface area contributed by atoms with Crippen LogP contribution in [0.25, 0.3) is 6.08 Å². The summed E-state index contributed by atoms with van der Waals surface area (Å²) in [5.41, 5.74) is 0.108. The Balaban J connectivity index is 2.57. The van der Waals surface area contributed by atoms with E-state index < -0.39 is 17.5 Å². The van der Waals surface area contributed by atoms with E-state index in [0.717, 1.165) is 0 Å². The summed E-state index contributed by atoms with van der Waals surface area (Å²) in [6.07, 6.45) is 2.89. The number of ether oxygens (including phenoxy) is 2. The quantitative estimate of drug-likeness (QED) is 0.847. The van der Waals surface area contributed by atoms with Crippen LogP contribution in [0.1, 0.15) is 26.3 Å². The Bertz CT molecular complexity index is 523. The minimum Gasteiger partial charge on any atom is -0.490 e. The molecule has 1 amide bonds. The molecular formula is C16H22FNO4. The third kappa shape index (κ3) is 7.08. The SMILES string of the molecule is CC(C)(C)OC(=O)NCC=Cc1ccc(F)cc1OCCO. The standard InChI is InChI=1S/C16H22FNO4/c1-16(2,3)22-15(20)18-8-4-5-12-6-7-13(17)11-14(12)21-10-9-19/h4-7,11,19H,8-10H2,1-3H3,(H,18,20). The van der Waals surface area contributed by atoms with Crippen LogP contribution in [0.4, 0.5) is 9.18 Å². The molecule has 0 saturated carbocycles. The van der Waals surface area contributed by atoms with Crippen LogP contribution in [0.5, 0.6) is 5.75 Å². The van der Waals surface area contributed by atoms with Crippen molar-refractivity contribution in [3.05, 3.63) is 35.7 Å². The molecule has 0 bridgehead atoms. The molecule has 0 fully saturated rings. The fraction of sp³-hybridized carbons (Fsp3) is 0.438. The molecule has 0 atom stereocenters. The Morgan fingerprint density at radius 3 is 2.77 bits per heavy atom. The molecule has 0 aromatic heterocycles. The maximum absolute atomic E-state index is 13.2. The highest BCUT2D eigenvalue weighted by Crippen LogP contribution is 2.21. The second-order valence-electron chi connectivity index (χ2n) is 5.54. The lowest BCUT2D eigenvalue weighted by Crippen LogP contribution is -2.32. The largest absolute Gasteiger partial charge is 0.490 e. The number of carbonyl (C=O) groups is 1. The third-order valence-corrected chi connectivity index (χ3v) is 2.39. The first kappa shape index (κ1) is 18.0. The van der Waals surface area contributed by atoms with Gasteiger partial charge in [0.25, 0.3) is 0 Å². The summed E-state index contributed by atoms with van der Waals surface area (Å²) < 4.78 is 23.5. The predicted molar refractivity (Wildman–Crippen MR) is 82.3 cm³/mol. The van der Waals surface area contributed by atoms with Gasteiger partial charge in [0.05, 0.1) is 6.61 Å². The van der Waals surface area contributed by atoms with Gasteiger partial charge < -0.3 is 19.9 Å². The molecule has 6 heteroatoms. The average molecular weight is 311 g/mol. The van der Waals surface area contributed by atoms with Crippen molar-refractivity contribution < 1.29 is 23.8 Å². The second-order valence-corrected chi connectivity index (χ2v) is 5.54. The van der Waals surface area contributed by atoms with Crippen molar-refractivity contribution in [1.82, 2.24) is 5.32 Å². The Morgan fingerprint density at radius 1 is 1.41 bits per heavy atom. The van der Waals surface area contributed by atoms with Gasteiger partial charge in [0.1, 0.15) is 23.8 Å². The maximum Gasteiger partial charge on any atom is 0.407 e. The second kappa shape index (κ2) is 8.38. The molecule has 0 aliphatic carbocycles. The first-order chi connectivity index (χ1) is 10.3. The summed E-state index contributed by atoms with van der Waals surface area (Å²) in [5.74, 6) is -0.0838. The minimum atomic E-state index is -0.546. The zero-order chi connectivity index (χ0) is 16.6. The molecule has 5 nitrogen and oxygen atoms in total. The summed E-state index contributed by atoms with van der Waals surface area (Å²) in [6, 6.07) is 4.12. The van der Waals surface area contributed by atoms with Crippen LogP contribution in [0, 0.1) is 5.82 Å². The van der Waals surface area contributed by atoms with E-state index in [1.165, 1.54) is 12.1 Å². The van der Waals surface area contributed by atoms with Gasteiger partial charge in [-0.2, -0.15) is 0 Å². The first-order valence-corrected chi connectivity index (χ1v) is 6.98. The molecule has 2 N–H and O–H groups in total. The van der Waals surface area contributed by atoms with E-state index >= 15 is 0 Å². The summed E-state index contributed by atoms with van der Waals surface area (Å²) in [4.78, 5) is 11.5. The number of carbonyl (C=O) groups excluding carboxylic acids is 1. The fourth-order valence-corrected chi connectivity index (χ4v) is 1.57. The van der Waals surface area contributed by atoms with Crippen molar-refractivity contribution in [3.8, 4) is 5.75 Å². The molecule has 0 radical (unpaired) electrons. The highest BCUT2D eigenvalue weighted by Gasteiger charge is 2.15. The molecule has 0 saturated heterocycles. The van der Waals surface area contributed by atoms with Crippen LogP contribution in [-0.2, 0) is 4.74 Å². The van der Waals surface area contributed by atoms with Crippen molar-refractivity contribution in [2.75, 3.05) is 19.8 Å². The number of hydrogen-bond acceptors (Lipinski definition) is 4. The smallest absolute Gasteiger partial charge is 0.407 e. The molecule has 22 heavy (non-hydrogen) atoms. The fourth-order valence-electron chi connectivity index (χ4n) is 1.57. The molecule has 1 rings (SSSR count). The monoisotopic (exact) mass is 311 g/mol. The van der Waals surface area contributed by atoms with Gasteiger partial charge in [-0.3, -0.25) is 0 Å². The molecule has 0 aliphatic rings. The van der Waals surface area contributed by atoms with Crippen LogP contribution in [0.2, 0.25) is 0 Å². The van der Waals surface area contributed by atoms with E-state index in [2.05, 4.69) is 5.32 Å². The van der Waals surface area contributed by atoms with Crippen molar-refractivity contribution in [1.29, 1.82) is 0 Å². The summed E-state index contributed by atoms with van der Waals surface area (Å²) in [7, 11) is 0. The molecule has 0 heterocycles. The minimum absolute atomic E-state index is 0.0838. The number of aliphatic hydroxyl groups excluding tert-OH is 1. The van der Waals surface area contributed by atoms with Gasteiger partial charge >= 0.3 is 6.09 Å². The summed E-state index contributed by atoms with van der Waals surface area (Å²) >= 11 is 0. The number of aliphatic hydroxyl groups is 1. The van der Waals surface area contributed by atoms with Crippen molar-refractivity contribution in [3.63, 3.8) is 0 Å². The number of rotatable bonds is 6. The van der Waals surface area contributed by atoms with Crippen LogP contribution in [0.3, 0.4) is 0 Å². The topological polar surface area (TPSA) is 67.8 Å². The van der Waals surface area contributed by atoms with Gasteiger partial charge in [0.2, 0.25) is 0 Å². The van der Waals surface area contributed by atoms with Gasteiger partial charge in [-0.1, -0.05) is 12.2 Å². The average Bonchev–Trinajstić information content (AvgIpc) is 2.41. The van der Waals surface area contributed by atoms with E-state index in [4.69, 9.17) is 14.6 Å². The highest BCUT2D eigenvalue weighted by atomic mass is 19.1. The van der Waals surface area contributed by atoms with E-state index in [9.17, 15) is 9.18 Å². The van der Waals surface area contributed by atoms with Gasteiger partial charge in [-0.25, -0.2) is 9.18 Å². The Labute approximate surface area is 129 Å². The lowest BCUT2D eigenvalue weighted by atomic mass is 10.2. The van der Waals surface area contributed by atoms with Gasteiger partial charge in [-0.15, -0.1) is 0 Å². The highest BCUT2D eigenvalue weighted by molar-refractivity contribution is 5.68. The van der Waals surface area contributed by atoms with Crippen LogP contribution in [0.15, 0.2) is 24.3 Å². The summed E-state index contributed by atoms with van der Waals surface area (Å²) in [6.45, 7) is 5.55. The Kier molecular flexibility index (Phi) is 6.85. The van der Waals surface area contributed by atoms with Crippen LogP contribution >= 0.6 is 0 Å². The Morgan fingerprint density at radius 2 is 2.14 bits per heavy atom. The van der Waals surface area contributed by atoms with Crippen molar-refractivity contribution in [2.24, 2.45) is 0 Å². The van der Waals surface area contributed by atoms with Crippen molar-refractivity contribution >= 4 is 12.2 Å². The zero-order valence-corrected chi connectivity index (χ0v) is 13.1.